The van der Waals surface area contributed by atoms with Crippen LogP contribution in [-0.2, 0) is 18.8 Å². The number of halogens is 2. The Bertz CT molecular complexity index is 1520. The van der Waals surface area contributed by atoms with E-state index in [4.69, 9.17) is 21.1 Å². The van der Waals surface area contributed by atoms with E-state index in [2.05, 4.69) is 33.1 Å². The topological polar surface area (TPSA) is 95.1 Å². The lowest BCUT2D eigenvalue weighted by Crippen LogP contribution is -2.34. The summed E-state index contributed by atoms with van der Waals surface area (Å²) < 4.78 is 27.2. The highest BCUT2D eigenvalue weighted by molar-refractivity contribution is 6.30. The van der Waals surface area contributed by atoms with E-state index in [1.165, 1.54) is 12.3 Å². The molecule has 2 fully saturated rings. The Morgan fingerprint density at radius 2 is 1.92 bits per heavy atom. The fourth-order valence-corrected chi connectivity index (χ4v) is 5.79. The summed E-state index contributed by atoms with van der Waals surface area (Å²) >= 11 is 5.95. The number of piperidine rings is 1. The maximum absolute atomic E-state index is 14.7. The molecule has 1 aromatic heterocycles. The van der Waals surface area contributed by atoms with Gasteiger partial charge in [-0.15, -0.1) is 0 Å². The Morgan fingerprint density at radius 1 is 1.13 bits per heavy atom. The van der Waals surface area contributed by atoms with E-state index in [1.807, 2.05) is 12.1 Å². The summed E-state index contributed by atoms with van der Waals surface area (Å²) in [4.78, 5) is 11.4. The number of rotatable bonds is 6. The van der Waals surface area contributed by atoms with Gasteiger partial charge in [-0.2, -0.15) is 10.5 Å². The highest BCUT2D eigenvalue weighted by Gasteiger charge is 2.45. The van der Waals surface area contributed by atoms with Crippen LogP contribution in [0.1, 0.15) is 66.7 Å². The molecule has 1 saturated heterocycles. The summed E-state index contributed by atoms with van der Waals surface area (Å²) in [5, 5.41) is 19.2. The molecule has 0 amide bonds. The number of nitrogens with zero attached hydrogens (tertiary/aromatic N) is 5. The van der Waals surface area contributed by atoms with Crippen molar-refractivity contribution in [2.24, 2.45) is 5.41 Å². The van der Waals surface area contributed by atoms with Crippen LogP contribution >= 0.6 is 11.6 Å². The molecule has 1 aliphatic carbocycles. The Hall–Kier alpha value is -3.72. The van der Waals surface area contributed by atoms with Crippen molar-refractivity contribution in [1.82, 2.24) is 14.9 Å². The lowest BCUT2D eigenvalue weighted by Gasteiger charge is -2.32. The Kier molecular flexibility index (Phi) is 6.41. The minimum atomic E-state index is -1.28. The highest BCUT2D eigenvalue weighted by atomic mass is 35.5. The number of ether oxygens (including phenoxy) is 2. The third-order valence-corrected chi connectivity index (χ3v) is 8.31. The Morgan fingerprint density at radius 3 is 2.62 bits per heavy atom. The van der Waals surface area contributed by atoms with Crippen LogP contribution in [0.25, 0.3) is 0 Å². The molecule has 3 aromatic rings. The van der Waals surface area contributed by atoms with Gasteiger partial charge in [-0.05, 0) is 69.0 Å². The van der Waals surface area contributed by atoms with Crippen molar-refractivity contribution in [3.8, 4) is 23.6 Å². The Labute approximate surface area is 231 Å². The first kappa shape index (κ1) is 25.6. The van der Waals surface area contributed by atoms with Crippen LogP contribution in [0.2, 0.25) is 5.02 Å². The predicted octanol–water partition coefficient (Wildman–Crippen LogP) is 6.01. The third-order valence-electron chi connectivity index (χ3n) is 8.07. The number of benzene rings is 2. The maximum Gasteiger partial charge on any atom is 0.278 e. The molecule has 0 bridgehead atoms. The van der Waals surface area contributed by atoms with Crippen LogP contribution in [0.15, 0.2) is 42.6 Å². The van der Waals surface area contributed by atoms with Gasteiger partial charge in [-0.1, -0.05) is 23.7 Å². The summed E-state index contributed by atoms with van der Waals surface area (Å²) in [5.41, 5.74) is 2.89. The first-order valence-electron chi connectivity index (χ1n) is 13.2. The molecule has 7 nitrogen and oxygen atoms in total. The number of para-hydroxylation sites is 1. The van der Waals surface area contributed by atoms with E-state index in [9.17, 15) is 14.9 Å². The molecule has 0 N–H and O–H groups in total. The molecule has 0 spiro atoms. The smallest absolute Gasteiger partial charge is 0.278 e. The predicted molar refractivity (Wildman–Crippen MR) is 141 cm³/mol. The van der Waals surface area contributed by atoms with Gasteiger partial charge in [0.25, 0.3) is 5.79 Å². The van der Waals surface area contributed by atoms with Gasteiger partial charge in [-0.3, -0.25) is 9.88 Å². The van der Waals surface area contributed by atoms with Crippen LogP contribution in [0.3, 0.4) is 0 Å². The highest BCUT2D eigenvalue weighted by Crippen LogP contribution is 2.50. The molecular weight excluding hydrogens is 517 g/mol. The second-order valence-electron chi connectivity index (χ2n) is 10.8. The standard InChI is InChI=1S/C30H27ClFN5O2/c1-29(23-6-5-20(31)13-24(23)32)38-27-4-2-3-22(28(27)39-29)19-7-11-37(12-8-19)17-26-25(14-30(18-34)9-10-30)36-21(15-33)16-35-26/h2-6,13,16,19H,7-12,14,17H2,1H3/t29-/m0/s1. The van der Waals surface area contributed by atoms with E-state index in [-0.39, 0.29) is 17.0 Å². The van der Waals surface area contributed by atoms with Gasteiger partial charge in [0.2, 0.25) is 0 Å². The number of fused-ring (bicyclic) bond motifs is 1. The van der Waals surface area contributed by atoms with E-state index in [1.54, 1.807) is 19.1 Å². The largest absolute Gasteiger partial charge is 0.444 e. The normalized spacial score (nSPS) is 21.8. The quantitative estimate of drug-likeness (QED) is 0.375. The van der Waals surface area contributed by atoms with Crippen molar-refractivity contribution in [3.63, 3.8) is 0 Å². The van der Waals surface area contributed by atoms with Gasteiger partial charge in [0.15, 0.2) is 17.2 Å². The van der Waals surface area contributed by atoms with Crippen molar-refractivity contribution in [2.45, 2.75) is 57.3 Å². The van der Waals surface area contributed by atoms with Gasteiger partial charge >= 0.3 is 0 Å². The van der Waals surface area contributed by atoms with Crippen molar-refractivity contribution < 1.29 is 13.9 Å². The fraction of sp³-hybridized carbons (Fsp3) is 0.400. The van der Waals surface area contributed by atoms with E-state index in [0.29, 0.717) is 35.1 Å². The van der Waals surface area contributed by atoms with Crippen LogP contribution in [-0.4, -0.2) is 28.0 Å². The molecule has 2 aromatic carbocycles. The minimum Gasteiger partial charge on any atom is -0.444 e. The van der Waals surface area contributed by atoms with Crippen LogP contribution in [0, 0.1) is 33.9 Å². The van der Waals surface area contributed by atoms with Crippen molar-refractivity contribution in [2.75, 3.05) is 13.1 Å². The zero-order chi connectivity index (χ0) is 27.2. The second kappa shape index (κ2) is 9.79. The summed E-state index contributed by atoms with van der Waals surface area (Å²) in [6, 6.07) is 14.9. The molecule has 0 radical (unpaired) electrons. The van der Waals surface area contributed by atoms with Crippen molar-refractivity contribution in [1.29, 1.82) is 10.5 Å². The maximum atomic E-state index is 14.7. The molecule has 3 aliphatic rings. The van der Waals surface area contributed by atoms with E-state index < -0.39 is 11.6 Å². The van der Waals surface area contributed by atoms with E-state index >= 15 is 0 Å². The first-order chi connectivity index (χ1) is 18.8. The zero-order valence-corrected chi connectivity index (χ0v) is 22.3. The first-order valence-corrected chi connectivity index (χ1v) is 13.5. The minimum absolute atomic E-state index is 0.261. The van der Waals surface area contributed by atoms with Gasteiger partial charge in [-0.25, -0.2) is 9.37 Å². The molecule has 198 valence electrons. The summed E-state index contributed by atoms with van der Waals surface area (Å²) in [7, 11) is 0. The fourth-order valence-electron chi connectivity index (χ4n) is 5.63. The molecule has 1 atom stereocenters. The lowest BCUT2D eigenvalue weighted by atomic mass is 9.88. The summed E-state index contributed by atoms with van der Waals surface area (Å²) in [6.07, 6.45) is 5.61. The summed E-state index contributed by atoms with van der Waals surface area (Å²) in [5.74, 6) is -0.215. The van der Waals surface area contributed by atoms with Gasteiger partial charge in [0.1, 0.15) is 11.9 Å². The molecule has 2 aliphatic heterocycles. The number of nitriles is 2. The number of hydrogen-bond donors (Lipinski definition) is 0. The molecule has 1 saturated carbocycles. The Balaban J connectivity index is 1.16. The third kappa shape index (κ3) is 4.91. The van der Waals surface area contributed by atoms with Gasteiger partial charge in [0, 0.05) is 30.5 Å². The monoisotopic (exact) mass is 543 g/mol. The number of aromatic nitrogens is 2. The molecule has 9 heteroatoms. The van der Waals surface area contributed by atoms with Crippen LogP contribution in [0.5, 0.6) is 11.5 Å². The van der Waals surface area contributed by atoms with Crippen LogP contribution < -0.4 is 9.47 Å². The molecule has 6 rings (SSSR count). The number of hydrogen-bond acceptors (Lipinski definition) is 7. The second-order valence-corrected chi connectivity index (χ2v) is 11.3. The SMILES string of the molecule is C[C@]1(c2ccc(Cl)cc2F)Oc2cccc(C3CCN(Cc4ncc(C#N)nc4CC4(C#N)CC4)CC3)c2O1. The molecular formula is C30H27ClFN5O2. The van der Waals surface area contributed by atoms with Crippen LogP contribution in [0.4, 0.5) is 4.39 Å². The van der Waals surface area contributed by atoms with Crippen molar-refractivity contribution >= 4 is 11.6 Å². The average molecular weight is 544 g/mol. The summed E-state index contributed by atoms with van der Waals surface area (Å²) in [6.45, 7) is 4.05. The van der Waals surface area contributed by atoms with E-state index in [0.717, 1.165) is 55.7 Å². The molecule has 3 heterocycles. The van der Waals surface area contributed by atoms with Gasteiger partial charge < -0.3 is 9.47 Å². The zero-order valence-electron chi connectivity index (χ0n) is 21.6. The number of likely N-dealkylation sites (tertiary alicyclic amines) is 1. The lowest BCUT2D eigenvalue weighted by molar-refractivity contribution is -0.0712. The molecule has 39 heavy (non-hydrogen) atoms. The van der Waals surface area contributed by atoms with Gasteiger partial charge in [0.05, 0.1) is 34.6 Å². The molecule has 0 unspecified atom stereocenters. The average Bonchev–Trinajstić information content (AvgIpc) is 3.61. The van der Waals surface area contributed by atoms with Crippen molar-refractivity contribution in [3.05, 3.63) is 81.6 Å².